The minimum Gasteiger partial charge on any atom is -0.147 e. The van der Waals surface area contributed by atoms with Crippen molar-refractivity contribution in [3.05, 3.63) is 133 Å². The number of halogens is 1. The molecule has 4 rings (SSSR count). The maximum Gasteiger partial charge on any atom is -0.147 e. The van der Waals surface area contributed by atoms with Crippen molar-refractivity contribution >= 4 is 41.7 Å². The summed E-state index contributed by atoms with van der Waals surface area (Å²) in [6.07, 6.45) is 2.93. The Balaban J connectivity index is 0.00000240. The first kappa shape index (κ1) is 21.1. The molecule has 0 N–H and O–H groups in total. The Hall–Kier alpha value is -2.66. The zero-order valence-corrected chi connectivity index (χ0v) is 18.2. The van der Waals surface area contributed by atoms with Crippen LogP contribution in [0.15, 0.2) is 122 Å². The van der Waals surface area contributed by atoms with Crippen LogP contribution in [0.5, 0.6) is 0 Å². The van der Waals surface area contributed by atoms with Gasteiger partial charge in [-0.05, 0) is 0 Å². The largest absolute Gasteiger partial charge is 0.147 e. The van der Waals surface area contributed by atoms with Crippen LogP contribution in [-0.2, 0) is 6.16 Å². The molecule has 4 aromatic rings. The van der Waals surface area contributed by atoms with Gasteiger partial charge < -0.3 is 0 Å². The minimum atomic E-state index is -2.22. The van der Waals surface area contributed by atoms with E-state index in [9.17, 15) is 0 Å². The second-order valence-corrected chi connectivity index (χ2v) is 11.0. The van der Waals surface area contributed by atoms with E-state index in [2.05, 4.69) is 122 Å². The van der Waals surface area contributed by atoms with Gasteiger partial charge >= 0.3 is 168 Å². The molecule has 4 aromatic carbocycles. The third kappa shape index (κ3) is 4.35. The van der Waals surface area contributed by atoms with E-state index in [0.29, 0.717) is 0 Å². The van der Waals surface area contributed by atoms with Gasteiger partial charge in [-0.25, -0.2) is 0 Å². The van der Waals surface area contributed by atoms with Crippen LogP contribution in [0.2, 0.25) is 0 Å². The second kappa shape index (κ2) is 9.70. The molecular formula is C27H26ClP. The molecule has 0 aliphatic heterocycles. The predicted molar refractivity (Wildman–Crippen MR) is 134 cm³/mol. The number of rotatable bonds is 6. The molecule has 0 aliphatic rings. The normalized spacial score (nSPS) is 11.3. The summed E-state index contributed by atoms with van der Waals surface area (Å²) in [5.41, 5.74) is 2.53. The molecule has 0 aliphatic carbocycles. The summed E-state index contributed by atoms with van der Waals surface area (Å²) in [6, 6.07) is 42.1. The molecule has 0 atom stereocenters. The summed E-state index contributed by atoms with van der Waals surface area (Å²) in [7, 11) is -2.22. The van der Waals surface area contributed by atoms with Crippen molar-refractivity contribution in [2.75, 3.05) is 0 Å². The van der Waals surface area contributed by atoms with E-state index in [0.717, 1.165) is 11.7 Å². The fraction of sp³-hybridized carbons (Fsp3) is 0.0370. The van der Waals surface area contributed by atoms with Gasteiger partial charge in [-0.15, -0.1) is 12.4 Å². The number of hydrogen-bond acceptors (Lipinski definition) is 0. The van der Waals surface area contributed by atoms with Crippen LogP contribution in [0.4, 0.5) is 0 Å². The third-order valence-corrected chi connectivity index (χ3v) is 10.4. The molecule has 2 heteroatoms. The van der Waals surface area contributed by atoms with Crippen LogP contribution in [0.1, 0.15) is 11.1 Å². The minimum absolute atomic E-state index is 0. The Kier molecular flexibility index (Phi) is 7.04. The zero-order valence-electron chi connectivity index (χ0n) is 16.4. The van der Waals surface area contributed by atoms with Gasteiger partial charge in [0.1, 0.15) is 0 Å². The molecule has 29 heavy (non-hydrogen) atoms. The van der Waals surface area contributed by atoms with E-state index in [1.165, 1.54) is 21.5 Å². The third-order valence-electron chi connectivity index (χ3n) is 5.48. The number of benzene rings is 4. The van der Waals surface area contributed by atoms with Gasteiger partial charge in [-0.3, -0.25) is 0 Å². The molecule has 0 aromatic heterocycles. The topological polar surface area (TPSA) is 0 Å². The monoisotopic (exact) mass is 416 g/mol. The molecule has 0 bridgehead atoms. The predicted octanol–water partition coefficient (Wildman–Crippen LogP) is 5.98. The van der Waals surface area contributed by atoms with Crippen LogP contribution in [0.25, 0.3) is 6.08 Å². The van der Waals surface area contributed by atoms with Gasteiger partial charge in [0, 0.05) is 0 Å². The Morgan fingerprint density at radius 2 is 0.931 bits per heavy atom. The molecule has 0 radical (unpaired) electrons. The Labute approximate surface area is 180 Å². The maximum absolute atomic E-state index is 3.89. The molecular weight excluding hydrogens is 391 g/mol. The maximum atomic E-state index is 3.89. The molecule has 0 nitrogen and oxygen atoms in total. The van der Waals surface area contributed by atoms with Crippen molar-refractivity contribution in [2.24, 2.45) is 0 Å². The van der Waals surface area contributed by atoms with Gasteiger partial charge in [-0.2, -0.15) is 0 Å². The standard InChI is InChI=1S/C27H25P.ClH/c1-2-23-18-20-24(21-19-23)22-28(25-12-6-3-7-13-25,26-14-8-4-9-15-26)27-16-10-5-11-17-27;/h2-21,28H,1,22H2;1H. The van der Waals surface area contributed by atoms with Crippen molar-refractivity contribution in [3.8, 4) is 0 Å². The summed E-state index contributed by atoms with van der Waals surface area (Å²) >= 11 is 0. The van der Waals surface area contributed by atoms with Gasteiger partial charge in [0.25, 0.3) is 0 Å². The molecule has 146 valence electrons. The smallest absolute Gasteiger partial charge is 0.147 e. The average Bonchev–Trinajstić information content (AvgIpc) is 2.80. The van der Waals surface area contributed by atoms with E-state index >= 15 is 0 Å². The van der Waals surface area contributed by atoms with E-state index in [1.807, 2.05) is 6.08 Å². The van der Waals surface area contributed by atoms with Crippen molar-refractivity contribution in [3.63, 3.8) is 0 Å². The molecule has 0 spiro atoms. The van der Waals surface area contributed by atoms with Crippen molar-refractivity contribution in [2.45, 2.75) is 6.16 Å². The van der Waals surface area contributed by atoms with Gasteiger partial charge in [-0.1, -0.05) is 0 Å². The van der Waals surface area contributed by atoms with Crippen molar-refractivity contribution in [1.82, 2.24) is 0 Å². The summed E-state index contributed by atoms with van der Waals surface area (Å²) in [5.74, 6) is 0. The van der Waals surface area contributed by atoms with Gasteiger partial charge in [0.2, 0.25) is 0 Å². The Bertz CT molecular complexity index is 929. The van der Waals surface area contributed by atoms with Crippen LogP contribution in [0, 0.1) is 0 Å². The van der Waals surface area contributed by atoms with Crippen LogP contribution in [-0.4, -0.2) is 0 Å². The second-order valence-electron chi connectivity index (χ2n) is 7.13. The van der Waals surface area contributed by atoms with E-state index in [4.69, 9.17) is 0 Å². The first-order valence-electron chi connectivity index (χ1n) is 9.71. The SMILES string of the molecule is C=Cc1ccc(C[PH](c2ccccc2)(c2ccccc2)c2ccccc2)cc1.Cl. The summed E-state index contributed by atoms with van der Waals surface area (Å²) in [4.78, 5) is 0. The summed E-state index contributed by atoms with van der Waals surface area (Å²) in [5, 5.41) is 4.33. The van der Waals surface area contributed by atoms with E-state index in [1.54, 1.807) is 0 Å². The first-order valence-corrected chi connectivity index (χ1v) is 11.9. The quantitative estimate of drug-likeness (QED) is 0.339. The Morgan fingerprint density at radius 3 is 1.28 bits per heavy atom. The summed E-state index contributed by atoms with van der Waals surface area (Å²) < 4.78 is 0. The molecule has 0 heterocycles. The average molecular weight is 417 g/mol. The summed E-state index contributed by atoms with van der Waals surface area (Å²) in [6.45, 7) is 3.89. The first-order chi connectivity index (χ1) is 13.8. The molecule has 0 saturated heterocycles. The molecule has 0 unspecified atom stereocenters. The van der Waals surface area contributed by atoms with Crippen molar-refractivity contribution < 1.29 is 0 Å². The Morgan fingerprint density at radius 1 is 0.552 bits per heavy atom. The molecule has 0 saturated carbocycles. The number of hydrogen-bond donors (Lipinski definition) is 0. The van der Waals surface area contributed by atoms with Gasteiger partial charge in [0.15, 0.2) is 0 Å². The van der Waals surface area contributed by atoms with Gasteiger partial charge in [0.05, 0.1) is 0 Å². The fourth-order valence-electron chi connectivity index (χ4n) is 4.05. The van der Waals surface area contributed by atoms with E-state index in [-0.39, 0.29) is 12.4 Å². The zero-order chi connectivity index (χ0) is 19.2. The van der Waals surface area contributed by atoms with Crippen LogP contribution >= 0.6 is 19.7 Å². The van der Waals surface area contributed by atoms with Crippen LogP contribution < -0.4 is 15.9 Å². The fourth-order valence-corrected chi connectivity index (χ4v) is 8.80. The molecule has 0 amide bonds. The van der Waals surface area contributed by atoms with Crippen molar-refractivity contribution in [1.29, 1.82) is 0 Å². The van der Waals surface area contributed by atoms with Crippen LogP contribution in [0.3, 0.4) is 0 Å². The van der Waals surface area contributed by atoms with E-state index < -0.39 is 7.26 Å². The molecule has 0 fully saturated rings.